The number of carbonyl (C=O) groups is 1. The number of halogens is 3. The van der Waals surface area contributed by atoms with Crippen LogP contribution in [0.1, 0.15) is 5.56 Å². The summed E-state index contributed by atoms with van der Waals surface area (Å²) >= 11 is 0. The Kier molecular flexibility index (Phi) is 5.82. The number of nitrogens with zero attached hydrogens (tertiary/aromatic N) is 1. The van der Waals surface area contributed by atoms with Gasteiger partial charge < -0.3 is 15.5 Å². The molecule has 0 saturated heterocycles. The Balaban J connectivity index is 2.41. The minimum Gasteiger partial charge on any atom is -0.384 e. The van der Waals surface area contributed by atoms with Gasteiger partial charge in [0, 0.05) is 25.3 Å². The number of anilines is 1. The van der Waals surface area contributed by atoms with Gasteiger partial charge in [-0.1, -0.05) is 12.1 Å². The second kappa shape index (κ2) is 7.14. The Morgan fingerprint density at radius 3 is 2.30 bits per heavy atom. The fourth-order valence-corrected chi connectivity index (χ4v) is 1.45. The topological polar surface area (TPSA) is 44.4 Å². The fourth-order valence-electron chi connectivity index (χ4n) is 1.45. The molecule has 112 valence electrons. The van der Waals surface area contributed by atoms with Crippen molar-refractivity contribution in [1.29, 1.82) is 0 Å². The van der Waals surface area contributed by atoms with Gasteiger partial charge in [0.15, 0.2) is 0 Å². The first-order valence-corrected chi connectivity index (χ1v) is 6.11. The molecule has 7 heteroatoms. The number of alkyl halides is 3. The highest BCUT2D eigenvalue weighted by molar-refractivity contribution is 5.81. The van der Waals surface area contributed by atoms with Gasteiger partial charge in [-0.25, -0.2) is 0 Å². The van der Waals surface area contributed by atoms with Crippen LogP contribution in [0.3, 0.4) is 0 Å². The molecule has 0 aromatic heterocycles. The van der Waals surface area contributed by atoms with E-state index in [4.69, 9.17) is 0 Å². The maximum atomic E-state index is 12.0. The van der Waals surface area contributed by atoms with Crippen molar-refractivity contribution < 1.29 is 18.0 Å². The lowest BCUT2D eigenvalue weighted by Gasteiger charge is -2.12. The number of likely N-dealkylation sites (N-methyl/N-ethyl adjacent to an activating group) is 1. The molecule has 1 aromatic rings. The van der Waals surface area contributed by atoms with E-state index in [2.05, 4.69) is 5.32 Å². The molecule has 0 saturated carbocycles. The van der Waals surface area contributed by atoms with Gasteiger partial charge in [-0.2, -0.15) is 13.2 Å². The molecule has 0 unspecified atom stereocenters. The van der Waals surface area contributed by atoms with E-state index in [9.17, 15) is 18.0 Å². The lowest BCUT2D eigenvalue weighted by molar-refractivity contribution is -0.173. The molecule has 1 rings (SSSR count). The van der Waals surface area contributed by atoms with Crippen LogP contribution in [0, 0.1) is 0 Å². The van der Waals surface area contributed by atoms with Crippen molar-refractivity contribution in [2.45, 2.75) is 12.7 Å². The van der Waals surface area contributed by atoms with Crippen LogP contribution in [0.15, 0.2) is 24.3 Å². The standard InChI is InChI=1S/C13H18F3N3O/c1-19(2)8-7-17-11-5-3-10(4-6-11)9-18-12(20)13(14,15)16/h3-6,17H,7-9H2,1-2H3,(H,18,20). The van der Waals surface area contributed by atoms with E-state index in [-0.39, 0.29) is 6.54 Å². The first-order chi connectivity index (χ1) is 9.29. The molecule has 0 fully saturated rings. The molecule has 0 heterocycles. The summed E-state index contributed by atoms with van der Waals surface area (Å²) in [7, 11) is 3.93. The zero-order chi connectivity index (χ0) is 15.2. The number of carbonyl (C=O) groups excluding carboxylic acids is 1. The smallest absolute Gasteiger partial charge is 0.384 e. The van der Waals surface area contributed by atoms with E-state index in [1.807, 2.05) is 24.3 Å². The van der Waals surface area contributed by atoms with E-state index < -0.39 is 12.1 Å². The first kappa shape index (κ1) is 16.3. The third-order valence-electron chi connectivity index (χ3n) is 2.55. The minimum atomic E-state index is -4.84. The highest BCUT2D eigenvalue weighted by Gasteiger charge is 2.38. The quantitative estimate of drug-likeness (QED) is 0.840. The Bertz CT molecular complexity index is 429. The van der Waals surface area contributed by atoms with E-state index in [0.717, 1.165) is 18.8 Å². The van der Waals surface area contributed by atoms with Crippen molar-refractivity contribution in [2.24, 2.45) is 0 Å². The third-order valence-corrected chi connectivity index (χ3v) is 2.55. The SMILES string of the molecule is CN(C)CCNc1ccc(CNC(=O)C(F)(F)F)cc1. The zero-order valence-corrected chi connectivity index (χ0v) is 11.4. The number of nitrogens with one attached hydrogen (secondary N) is 2. The summed E-state index contributed by atoms with van der Waals surface area (Å²) < 4.78 is 36.0. The molecule has 0 radical (unpaired) electrons. The summed E-state index contributed by atoms with van der Waals surface area (Å²) in [4.78, 5) is 12.7. The van der Waals surface area contributed by atoms with Crippen molar-refractivity contribution in [3.05, 3.63) is 29.8 Å². The highest BCUT2D eigenvalue weighted by atomic mass is 19.4. The van der Waals surface area contributed by atoms with Gasteiger partial charge in [0.25, 0.3) is 0 Å². The second-order valence-corrected chi connectivity index (χ2v) is 4.61. The van der Waals surface area contributed by atoms with E-state index in [1.54, 1.807) is 24.3 Å². The van der Waals surface area contributed by atoms with Gasteiger partial charge in [0.2, 0.25) is 0 Å². The van der Waals surface area contributed by atoms with Crippen molar-refractivity contribution in [3.8, 4) is 0 Å². The van der Waals surface area contributed by atoms with E-state index in [0.29, 0.717) is 5.56 Å². The zero-order valence-electron chi connectivity index (χ0n) is 11.4. The maximum Gasteiger partial charge on any atom is 0.471 e. The molecular formula is C13H18F3N3O. The van der Waals surface area contributed by atoms with Crippen molar-refractivity contribution >= 4 is 11.6 Å². The van der Waals surface area contributed by atoms with Crippen LogP contribution in [-0.2, 0) is 11.3 Å². The van der Waals surface area contributed by atoms with Gasteiger partial charge in [0.05, 0.1) is 0 Å². The monoisotopic (exact) mass is 289 g/mol. The van der Waals surface area contributed by atoms with E-state index in [1.165, 1.54) is 0 Å². The molecule has 0 bridgehead atoms. The normalized spacial score (nSPS) is 11.5. The Hall–Kier alpha value is -1.76. The second-order valence-electron chi connectivity index (χ2n) is 4.61. The van der Waals surface area contributed by atoms with Crippen LogP contribution in [0.2, 0.25) is 0 Å². The van der Waals surface area contributed by atoms with Crippen LogP contribution in [-0.4, -0.2) is 44.2 Å². The minimum absolute atomic E-state index is 0.143. The predicted octanol–water partition coefficient (Wildman–Crippen LogP) is 1.84. The lowest BCUT2D eigenvalue weighted by atomic mass is 10.2. The van der Waals surface area contributed by atoms with Crippen molar-refractivity contribution in [2.75, 3.05) is 32.5 Å². The summed E-state index contributed by atoms with van der Waals surface area (Å²) in [5.41, 5.74) is 1.50. The van der Waals surface area contributed by atoms with Gasteiger partial charge >= 0.3 is 12.1 Å². The first-order valence-electron chi connectivity index (χ1n) is 6.11. The summed E-state index contributed by atoms with van der Waals surface area (Å²) in [6, 6.07) is 6.89. The summed E-state index contributed by atoms with van der Waals surface area (Å²) in [6.07, 6.45) is -4.84. The van der Waals surface area contributed by atoms with Gasteiger partial charge in [-0.15, -0.1) is 0 Å². The number of benzene rings is 1. The molecular weight excluding hydrogens is 271 g/mol. The number of hydrogen-bond acceptors (Lipinski definition) is 3. The number of amides is 1. The molecule has 0 aliphatic heterocycles. The Morgan fingerprint density at radius 2 is 1.80 bits per heavy atom. The number of hydrogen-bond donors (Lipinski definition) is 2. The van der Waals surface area contributed by atoms with Gasteiger partial charge in [0.1, 0.15) is 0 Å². The lowest BCUT2D eigenvalue weighted by Crippen LogP contribution is -2.36. The average Bonchev–Trinajstić information content (AvgIpc) is 2.36. The third kappa shape index (κ3) is 5.92. The van der Waals surface area contributed by atoms with Gasteiger partial charge in [-0.05, 0) is 31.8 Å². The Morgan fingerprint density at radius 1 is 1.20 bits per heavy atom. The fraction of sp³-hybridized carbons (Fsp3) is 0.462. The van der Waals surface area contributed by atoms with Crippen LogP contribution in [0.4, 0.5) is 18.9 Å². The van der Waals surface area contributed by atoms with Crippen LogP contribution in [0.5, 0.6) is 0 Å². The molecule has 2 N–H and O–H groups in total. The highest BCUT2D eigenvalue weighted by Crippen LogP contribution is 2.15. The summed E-state index contributed by atoms with van der Waals surface area (Å²) in [6.45, 7) is 1.51. The van der Waals surface area contributed by atoms with E-state index >= 15 is 0 Å². The van der Waals surface area contributed by atoms with Crippen LogP contribution < -0.4 is 10.6 Å². The molecule has 0 atom stereocenters. The average molecular weight is 289 g/mol. The van der Waals surface area contributed by atoms with Gasteiger partial charge in [-0.3, -0.25) is 4.79 Å². The molecule has 0 aliphatic carbocycles. The summed E-state index contributed by atoms with van der Waals surface area (Å²) in [5, 5.41) is 5.01. The predicted molar refractivity (Wildman–Crippen MR) is 71.4 cm³/mol. The molecule has 20 heavy (non-hydrogen) atoms. The molecule has 1 amide bonds. The van der Waals surface area contributed by atoms with Crippen molar-refractivity contribution in [3.63, 3.8) is 0 Å². The number of rotatable bonds is 6. The van der Waals surface area contributed by atoms with Crippen LogP contribution in [0.25, 0.3) is 0 Å². The molecule has 4 nitrogen and oxygen atoms in total. The summed E-state index contributed by atoms with van der Waals surface area (Å²) in [5.74, 6) is -1.93. The molecule has 1 aromatic carbocycles. The Labute approximate surface area is 116 Å². The molecule has 0 spiro atoms. The largest absolute Gasteiger partial charge is 0.471 e. The molecule has 0 aliphatic rings. The van der Waals surface area contributed by atoms with Crippen molar-refractivity contribution in [1.82, 2.24) is 10.2 Å². The van der Waals surface area contributed by atoms with Crippen LogP contribution >= 0.6 is 0 Å². The maximum absolute atomic E-state index is 12.0.